The highest BCUT2D eigenvalue weighted by atomic mass is 16.5. The lowest BCUT2D eigenvalue weighted by atomic mass is 10.1. The Bertz CT molecular complexity index is 422. The Labute approximate surface area is 114 Å². The molecule has 1 rings (SSSR count). The lowest BCUT2D eigenvalue weighted by molar-refractivity contribution is -0.137. The Hall–Kier alpha value is -1.68. The van der Waals surface area contributed by atoms with Gasteiger partial charge in [0.05, 0.1) is 6.61 Å². The molecule has 0 atom stereocenters. The Balaban J connectivity index is 2.70. The van der Waals surface area contributed by atoms with E-state index in [2.05, 4.69) is 18.7 Å². The molecule has 4 nitrogen and oxygen atoms in total. The third-order valence-corrected chi connectivity index (χ3v) is 2.98. The number of ketones is 1. The van der Waals surface area contributed by atoms with Crippen LogP contribution in [0.15, 0.2) is 24.3 Å². The molecule has 0 amide bonds. The first-order chi connectivity index (χ1) is 9.12. The number of nitrogens with zero attached hydrogens (tertiary/aromatic N) is 1. The number of benzene rings is 1. The topological polar surface area (TPSA) is 46.6 Å². The summed E-state index contributed by atoms with van der Waals surface area (Å²) in [5.41, 5.74) is 1.51. The molecule has 0 N–H and O–H groups in total. The summed E-state index contributed by atoms with van der Waals surface area (Å²) in [7, 11) is 0. The zero-order chi connectivity index (χ0) is 14.3. The summed E-state index contributed by atoms with van der Waals surface area (Å²) in [5.74, 6) is -1.38. The minimum atomic E-state index is -0.793. The van der Waals surface area contributed by atoms with Gasteiger partial charge in [0.1, 0.15) is 0 Å². The van der Waals surface area contributed by atoms with Crippen molar-refractivity contribution < 1.29 is 14.3 Å². The Kier molecular flexibility index (Phi) is 6.22. The summed E-state index contributed by atoms with van der Waals surface area (Å²) < 4.78 is 4.69. The normalized spacial score (nSPS) is 10.5. The van der Waals surface area contributed by atoms with E-state index in [1.165, 1.54) is 0 Å². The maximum absolute atomic E-state index is 11.7. The van der Waals surface area contributed by atoms with Crippen LogP contribution in [0.2, 0.25) is 0 Å². The van der Waals surface area contributed by atoms with Crippen molar-refractivity contribution in [3.05, 3.63) is 35.4 Å². The maximum atomic E-state index is 11.7. The molecule has 1 aromatic rings. The maximum Gasteiger partial charge on any atom is 0.379 e. The number of Topliss-reactive ketones (excluding diaryl/α,β-unsaturated/α-hetero) is 1. The van der Waals surface area contributed by atoms with Gasteiger partial charge in [0, 0.05) is 12.1 Å². The molecule has 4 heteroatoms. The number of hydrogen-bond donors (Lipinski definition) is 0. The zero-order valence-electron chi connectivity index (χ0n) is 11.8. The van der Waals surface area contributed by atoms with Gasteiger partial charge in [0.2, 0.25) is 0 Å². The van der Waals surface area contributed by atoms with E-state index in [-0.39, 0.29) is 6.61 Å². The van der Waals surface area contributed by atoms with Crippen LogP contribution in [0.25, 0.3) is 0 Å². The summed E-state index contributed by atoms with van der Waals surface area (Å²) in [4.78, 5) is 25.3. The van der Waals surface area contributed by atoms with Crippen molar-refractivity contribution in [1.82, 2.24) is 4.90 Å². The standard InChI is InChI=1S/C15H21NO3/c1-4-16(5-2)11-12-7-9-13(10-8-12)14(17)15(18)19-6-3/h7-10H,4-6,11H2,1-3H3. The smallest absolute Gasteiger partial charge is 0.379 e. The number of ether oxygens (including phenoxy) is 1. The number of rotatable bonds is 7. The molecule has 0 radical (unpaired) electrons. The molecule has 0 fully saturated rings. The van der Waals surface area contributed by atoms with Gasteiger partial charge >= 0.3 is 5.97 Å². The van der Waals surface area contributed by atoms with Gasteiger partial charge in [-0.15, -0.1) is 0 Å². The van der Waals surface area contributed by atoms with E-state index >= 15 is 0 Å². The molecule has 1 aromatic carbocycles. The summed E-state index contributed by atoms with van der Waals surface area (Å²) in [6.07, 6.45) is 0. The van der Waals surface area contributed by atoms with Crippen LogP contribution < -0.4 is 0 Å². The van der Waals surface area contributed by atoms with Gasteiger partial charge in [0.15, 0.2) is 0 Å². The molecular formula is C15H21NO3. The van der Waals surface area contributed by atoms with Crippen LogP contribution in [-0.4, -0.2) is 36.3 Å². The van der Waals surface area contributed by atoms with Crippen LogP contribution in [0.3, 0.4) is 0 Å². The fourth-order valence-electron chi connectivity index (χ4n) is 1.78. The van der Waals surface area contributed by atoms with Crippen molar-refractivity contribution in [2.45, 2.75) is 27.3 Å². The molecule has 0 saturated heterocycles. The molecule has 19 heavy (non-hydrogen) atoms. The van der Waals surface area contributed by atoms with E-state index in [0.29, 0.717) is 5.56 Å². The van der Waals surface area contributed by atoms with E-state index in [1.54, 1.807) is 19.1 Å². The Morgan fingerprint density at radius 1 is 1.05 bits per heavy atom. The highest BCUT2D eigenvalue weighted by Gasteiger charge is 2.17. The minimum absolute atomic E-state index is 0.213. The predicted molar refractivity (Wildman–Crippen MR) is 74.0 cm³/mol. The van der Waals surface area contributed by atoms with Crippen molar-refractivity contribution in [3.8, 4) is 0 Å². The van der Waals surface area contributed by atoms with Gasteiger partial charge < -0.3 is 4.74 Å². The average Bonchev–Trinajstić information content (AvgIpc) is 2.45. The van der Waals surface area contributed by atoms with Crippen LogP contribution in [0.5, 0.6) is 0 Å². The van der Waals surface area contributed by atoms with Crippen LogP contribution >= 0.6 is 0 Å². The monoisotopic (exact) mass is 263 g/mol. The molecule has 0 unspecified atom stereocenters. The molecule has 0 bridgehead atoms. The molecular weight excluding hydrogens is 242 g/mol. The van der Waals surface area contributed by atoms with Gasteiger partial charge in [-0.05, 0) is 25.6 Å². The Morgan fingerprint density at radius 2 is 1.63 bits per heavy atom. The van der Waals surface area contributed by atoms with E-state index < -0.39 is 11.8 Å². The van der Waals surface area contributed by atoms with Gasteiger partial charge in [-0.25, -0.2) is 4.79 Å². The SMILES string of the molecule is CCOC(=O)C(=O)c1ccc(CN(CC)CC)cc1. The van der Waals surface area contributed by atoms with Gasteiger partial charge in [-0.3, -0.25) is 9.69 Å². The first-order valence-corrected chi connectivity index (χ1v) is 6.65. The largest absolute Gasteiger partial charge is 0.460 e. The Morgan fingerprint density at radius 3 is 2.11 bits per heavy atom. The average molecular weight is 263 g/mol. The second-order valence-electron chi connectivity index (χ2n) is 4.21. The third kappa shape index (κ3) is 4.48. The van der Waals surface area contributed by atoms with Crippen molar-refractivity contribution in [1.29, 1.82) is 0 Å². The molecule has 0 aliphatic heterocycles. The summed E-state index contributed by atoms with van der Waals surface area (Å²) >= 11 is 0. The highest BCUT2D eigenvalue weighted by Crippen LogP contribution is 2.09. The number of carbonyl (C=O) groups is 2. The fraction of sp³-hybridized carbons (Fsp3) is 0.467. The first-order valence-electron chi connectivity index (χ1n) is 6.65. The second-order valence-corrected chi connectivity index (χ2v) is 4.21. The molecule has 0 saturated carbocycles. The summed E-state index contributed by atoms with van der Waals surface area (Å²) in [5, 5.41) is 0. The van der Waals surface area contributed by atoms with Crippen LogP contribution in [0.4, 0.5) is 0 Å². The van der Waals surface area contributed by atoms with Crippen LogP contribution in [0.1, 0.15) is 36.7 Å². The van der Waals surface area contributed by atoms with Crippen molar-refractivity contribution in [2.24, 2.45) is 0 Å². The quantitative estimate of drug-likeness (QED) is 0.430. The van der Waals surface area contributed by atoms with Crippen molar-refractivity contribution in [2.75, 3.05) is 19.7 Å². The van der Waals surface area contributed by atoms with Crippen molar-refractivity contribution >= 4 is 11.8 Å². The zero-order valence-corrected chi connectivity index (χ0v) is 11.8. The first kappa shape index (κ1) is 15.4. The molecule has 0 aromatic heterocycles. The van der Waals surface area contributed by atoms with E-state index in [0.717, 1.165) is 25.2 Å². The van der Waals surface area contributed by atoms with E-state index in [9.17, 15) is 9.59 Å². The predicted octanol–water partition coefficient (Wildman–Crippen LogP) is 2.27. The fourth-order valence-corrected chi connectivity index (χ4v) is 1.78. The highest BCUT2D eigenvalue weighted by molar-refractivity contribution is 6.40. The van der Waals surface area contributed by atoms with Crippen LogP contribution in [-0.2, 0) is 16.1 Å². The van der Waals surface area contributed by atoms with Gasteiger partial charge in [-0.1, -0.05) is 38.1 Å². The van der Waals surface area contributed by atoms with Crippen LogP contribution in [0, 0.1) is 0 Å². The van der Waals surface area contributed by atoms with E-state index in [1.807, 2.05) is 12.1 Å². The molecule has 0 aliphatic rings. The molecule has 0 heterocycles. The minimum Gasteiger partial charge on any atom is -0.460 e. The second kappa shape index (κ2) is 7.69. The molecule has 0 aliphatic carbocycles. The van der Waals surface area contributed by atoms with Gasteiger partial charge in [0.25, 0.3) is 5.78 Å². The van der Waals surface area contributed by atoms with Gasteiger partial charge in [-0.2, -0.15) is 0 Å². The summed E-state index contributed by atoms with van der Waals surface area (Å²) in [6, 6.07) is 7.12. The lowest BCUT2D eigenvalue weighted by Gasteiger charge is -2.17. The lowest BCUT2D eigenvalue weighted by Crippen LogP contribution is -2.22. The molecule has 0 spiro atoms. The number of hydrogen-bond acceptors (Lipinski definition) is 4. The third-order valence-electron chi connectivity index (χ3n) is 2.98. The van der Waals surface area contributed by atoms with E-state index in [4.69, 9.17) is 4.74 Å². The van der Waals surface area contributed by atoms with Crippen molar-refractivity contribution in [3.63, 3.8) is 0 Å². The molecule has 104 valence electrons. The summed E-state index contributed by atoms with van der Waals surface area (Å²) in [6.45, 7) is 8.94. The number of carbonyl (C=O) groups excluding carboxylic acids is 2. The number of esters is 1.